The van der Waals surface area contributed by atoms with E-state index in [-0.39, 0.29) is 16.9 Å². The number of imidazole rings is 1. The van der Waals surface area contributed by atoms with Crippen LogP contribution in [-0.2, 0) is 4.74 Å². The van der Waals surface area contributed by atoms with Crippen LogP contribution < -0.4 is 4.90 Å². The van der Waals surface area contributed by atoms with E-state index in [4.69, 9.17) is 25.8 Å². The maximum Gasteiger partial charge on any atom is 0.143 e. The minimum Gasteiger partial charge on any atom is -0.381 e. The van der Waals surface area contributed by atoms with Gasteiger partial charge in [-0.2, -0.15) is 0 Å². The Morgan fingerprint density at radius 3 is 2.57 bits per heavy atom. The lowest BCUT2D eigenvalue weighted by molar-refractivity contribution is 0.0584. The van der Waals surface area contributed by atoms with Gasteiger partial charge in [0, 0.05) is 30.9 Å². The maximum absolute atomic E-state index is 14.4. The largest absolute Gasteiger partial charge is 0.381 e. The van der Waals surface area contributed by atoms with Crippen molar-refractivity contribution in [3.8, 4) is 11.1 Å². The Hall–Kier alpha value is -2.90. The van der Waals surface area contributed by atoms with Crippen LogP contribution in [-0.4, -0.2) is 34.5 Å². The minimum atomic E-state index is -0.389. The van der Waals surface area contributed by atoms with E-state index >= 15 is 0 Å². The summed E-state index contributed by atoms with van der Waals surface area (Å²) in [4.78, 5) is 7.56. The van der Waals surface area contributed by atoms with Gasteiger partial charge in [0.2, 0.25) is 0 Å². The summed E-state index contributed by atoms with van der Waals surface area (Å²) in [5.74, 6) is 1.47. The first kappa shape index (κ1) is 24.4. The SMILES string of the molecule is COC1CCC(n2c([C@@H]3CCCN3c3ccc(Cl)c(F)c3)nc3cc(-c4c(C)noc4C)ccc32)CC1. The van der Waals surface area contributed by atoms with Crippen LogP contribution in [0.1, 0.15) is 67.9 Å². The van der Waals surface area contributed by atoms with Crippen molar-refractivity contribution in [2.45, 2.75) is 70.6 Å². The molecule has 0 unspecified atom stereocenters. The van der Waals surface area contributed by atoms with E-state index < -0.39 is 0 Å². The molecule has 2 aliphatic rings. The molecule has 0 spiro atoms. The van der Waals surface area contributed by atoms with Crippen molar-refractivity contribution in [1.29, 1.82) is 0 Å². The van der Waals surface area contributed by atoms with Crippen LogP contribution in [0.5, 0.6) is 0 Å². The predicted octanol–water partition coefficient (Wildman–Crippen LogP) is 7.57. The van der Waals surface area contributed by atoms with Crippen LogP contribution in [0.3, 0.4) is 0 Å². The van der Waals surface area contributed by atoms with Crippen molar-refractivity contribution in [1.82, 2.24) is 14.7 Å². The first-order valence-electron chi connectivity index (χ1n) is 13.1. The van der Waals surface area contributed by atoms with Crippen molar-refractivity contribution in [2.24, 2.45) is 0 Å². The molecule has 0 amide bonds. The molecule has 8 heteroatoms. The van der Waals surface area contributed by atoms with E-state index in [1.807, 2.05) is 19.9 Å². The van der Waals surface area contributed by atoms with E-state index in [2.05, 4.69) is 32.8 Å². The van der Waals surface area contributed by atoms with Gasteiger partial charge in [0.05, 0.1) is 33.9 Å². The second kappa shape index (κ2) is 9.76. The van der Waals surface area contributed by atoms with Gasteiger partial charge >= 0.3 is 0 Å². The van der Waals surface area contributed by atoms with Crippen molar-refractivity contribution < 1.29 is 13.7 Å². The molecule has 6 nitrogen and oxygen atoms in total. The number of aromatic nitrogens is 3. The van der Waals surface area contributed by atoms with Gasteiger partial charge in [-0.15, -0.1) is 0 Å². The molecule has 1 saturated heterocycles. The third-order valence-electron chi connectivity index (χ3n) is 8.17. The van der Waals surface area contributed by atoms with Gasteiger partial charge in [0.15, 0.2) is 0 Å². The normalized spacial score (nSPS) is 22.3. The molecule has 0 N–H and O–H groups in total. The second-order valence-electron chi connectivity index (χ2n) is 10.4. The van der Waals surface area contributed by atoms with Gasteiger partial charge in [0.1, 0.15) is 17.4 Å². The Bertz CT molecular complexity index is 1420. The van der Waals surface area contributed by atoms with Crippen LogP contribution >= 0.6 is 11.6 Å². The number of aryl methyl sites for hydroxylation is 2. The molecule has 1 saturated carbocycles. The van der Waals surface area contributed by atoms with Gasteiger partial charge in [-0.25, -0.2) is 9.37 Å². The molecule has 1 aliphatic heterocycles. The van der Waals surface area contributed by atoms with Crippen molar-refractivity contribution in [3.05, 3.63) is 64.5 Å². The zero-order valence-electron chi connectivity index (χ0n) is 21.5. The quantitative estimate of drug-likeness (QED) is 0.270. The molecular formula is C29H32ClFN4O2. The highest BCUT2D eigenvalue weighted by Gasteiger charge is 2.34. The molecule has 2 aromatic carbocycles. The smallest absolute Gasteiger partial charge is 0.143 e. The predicted molar refractivity (Wildman–Crippen MR) is 144 cm³/mol. The summed E-state index contributed by atoms with van der Waals surface area (Å²) in [6.07, 6.45) is 6.48. The van der Waals surface area contributed by atoms with E-state index in [9.17, 15) is 4.39 Å². The zero-order chi connectivity index (χ0) is 25.7. The Balaban J connectivity index is 1.46. The summed E-state index contributed by atoms with van der Waals surface area (Å²) in [6.45, 7) is 4.77. The summed E-state index contributed by atoms with van der Waals surface area (Å²) in [6, 6.07) is 12.0. The lowest BCUT2D eigenvalue weighted by Crippen LogP contribution is -2.28. The lowest BCUT2D eigenvalue weighted by Gasteiger charge is -2.33. The Morgan fingerprint density at radius 2 is 1.86 bits per heavy atom. The molecule has 2 aromatic heterocycles. The topological polar surface area (TPSA) is 56.3 Å². The summed E-state index contributed by atoms with van der Waals surface area (Å²) < 4.78 is 28.0. The monoisotopic (exact) mass is 522 g/mol. The van der Waals surface area contributed by atoms with Crippen molar-refractivity contribution >= 4 is 28.3 Å². The van der Waals surface area contributed by atoms with Gasteiger partial charge in [-0.3, -0.25) is 0 Å². The lowest BCUT2D eigenvalue weighted by atomic mass is 9.92. The van der Waals surface area contributed by atoms with Crippen molar-refractivity contribution in [2.75, 3.05) is 18.6 Å². The van der Waals surface area contributed by atoms with Gasteiger partial charge in [-0.05, 0) is 88.3 Å². The third-order valence-corrected chi connectivity index (χ3v) is 8.47. The van der Waals surface area contributed by atoms with Crippen LogP contribution in [0, 0.1) is 19.7 Å². The number of hydrogen-bond acceptors (Lipinski definition) is 5. The summed E-state index contributed by atoms with van der Waals surface area (Å²) >= 11 is 5.99. The third kappa shape index (κ3) is 4.32. The first-order chi connectivity index (χ1) is 17.9. The Labute approximate surface area is 221 Å². The van der Waals surface area contributed by atoms with Crippen LogP contribution in [0.15, 0.2) is 40.9 Å². The molecular weight excluding hydrogens is 491 g/mol. The average Bonchev–Trinajstić information content (AvgIpc) is 3.62. The number of rotatable bonds is 5. The molecule has 1 atom stereocenters. The number of methoxy groups -OCH3 is 1. The summed E-state index contributed by atoms with van der Waals surface area (Å²) in [5, 5.41) is 4.29. The van der Waals surface area contributed by atoms with Crippen LogP contribution in [0.25, 0.3) is 22.2 Å². The summed E-state index contributed by atoms with van der Waals surface area (Å²) in [5.41, 5.74) is 5.92. The molecule has 0 bridgehead atoms. The second-order valence-corrected chi connectivity index (χ2v) is 10.8. The Kier molecular flexibility index (Phi) is 6.45. The number of hydrogen-bond donors (Lipinski definition) is 0. The number of halogens is 2. The summed E-state index contributed by atoms with van der Waals surface area (Å²) in [7, 11) is 1.81. The molecule has 37 heavy (non-hydrogen) atoms. The molecule has 6 rings (SSSR count). The fraction of sp³-hybridized carbons (Fsp3) is 0.448. The van der Waals surface area contributed by atoms with Gasteiger partial charge < -0.3 is 18.7 Å². The number of fused-ring (bicyclic) bond motifs is 1. The van der Waals surface area contributed by atoms with Crippen molar-refractivity contribution in [3.63, 3.8) is 0 Å². The maximum atomic E-state index is 14.4. The highest BCUT2D eigenvalue weighted by atomic mass is 35.5. The van der Waals surface area contributed by atoms with Crippen LogP contribution in [0.2, 0.25) is 5.02 Å². The molecule has 3 heterocycles. The van der Waals surface area contributed by atoms with E-state index in [1.165, 1.54) is 0 Å². The fourth-order valence-electron chi connectivity index (χ4n) is 6.33. The van der Waals surface area contributed by atoms with E-state index in [1.54, 1.807) is 19.2 Å². The molecule has 1 aliphatic carbocycles. The number of nitrogens with zero attached hydrogens (tertiary/aromatic N) is 4. The molecule has 194 valence electrons. The average molecular weight is 523 g/mol. The first-order valence-corrected chi connectivity index (χ1v) is 13.5. The number of ether oxygens (including phenoxy) is 1. The molecule has 0 radical (unpaired) electrons. The fourth-order valence-corrected chi connectivity index (χ4v) is 6.45. The highest BCUT2D eigenvalue weighted by molar-refractivity contribution is 6.30. The molecule has 4 aromatic rings. The van der Waals surface area contributed by atoms with E-state index in [0.29, 0.717) is 12.1 Å². The highest BCUT2D eigenvalue weighted by Crippen LogP contribution is 2.42. The minimum absolute atomic E-state index is 0.0654. The standard InChI is InChI=1S/C29H32ClFN4O2/c1-17-28(18(2)37-33-17)19-6-13-26-25(15-19)32-29(35(26)20-7-10-22(36-3)11-8-20)27-5-4-14-34(27)21-9-12-23(30)24(31)16-21/h6,9,12-13,15-16,20,22,27H,4-5,7-8,10-11,14H2,1-3H3/t20?,22?,27-/m0/s1. The van der Waals surface area contributed by atoms with Crippen LogP contribution in [0.4, 0.5) is 10.1 Å². The van der Waals surface area contributed by atoms with Gasteiger partial charge in [-0.1, -0.05) is 22.8 Å². The number of benzene rings is 2. The van der Waals surface area contributed by atoms with E-state index in [0.717, 1.165) is 90.2 Å². The van der Waals surface area contributed by atoms with Gasteiger partial charge in [0.25, 0.3) is 0 Å². The molecule has 2 fully saturated rings. The Morgan fingerprint density at radius 1 is 1.05 bits per heavy atom. The zero-order valence-corrected chi connectivity index (χ0v) is 22.3. The number of anilines is 1.